The maximum absolute atomic E-state index is 10.9. The molecule has 1 unspecified atom stereocenters. The average molecular weight is 213 g/mol. The van der Waals surface area contributed by atoms with Crippen LogP contribution in [0.1, 0.15) is 24.5 Å². The molecule has 0 aromatic heterocycles. The van der Waals surface area contributed by atoms with E-state index in [9.17, 15) is 4.79 Å². The summed E-state index contributed by atoms with van der Waals surface area (Å²) in [5.74, 6) is 0.437. The van der Waals surface area contributed by atoms with Crippen molar-refractivity contribution in [2.24, 2.45) is 11.3 Å². The minimum atomic E-state index is -0.813. The van der Waals surface area contributed by atoms with E-state index in [-0.39, 0.29) is 0 Å². The number of nitriles is 1. The second kappa shape index (κ2) is 4.09. The van der Waals surface area contributed by atoms with Gasteiger partial charge < -0.3 is 4.79 Å². The Morgan fingerprint density at radius 3 is 2.44 bits per heavy atom. The second-order valence-electron chi connectivity index (χ2n) is 4.89. The topological polar surface area (TPSA) is 40.9 Å². The highest BCUT2D eigenvalue weighted by Gasteiger charge is 2.31. The molecule has 2 rings (SSSR count). The summed E-state index contributed by atoms with van der Waals surface area (Å²) in [7, 11) is 0. The third-order valence-electron chi connectivity index (χ3n) is 3.36. The van der Waals surface area contributed by atoms with Gasteiger partial charge in [-0.05, 0) is 43.2 Å². The van der Waals surface area contributed by atoms with Gasteiger partial charge >= 0.3 is 0 Å². The molecule has 1 aliphatic rings. The van der Waals surface area contributed by atoms with Crippen molar-refractivity contribution < 1.29 is 4.79 Å². The van der Waals surface area contributed by atoms with Crippen molar-refractivity contribution in [3.63, 3.8) is 0 Å². The van der Waals surface area contributed by atoms with Crippen LogP contribution in [0.2, 0.25) is 0 Å². The fraction of sp³-hybridized carbons (Fsp3) is 0.429. The molecule has 0 aliphatic heterocycles. The van der Waals surface area contributed by atoms with Gasteiger partial charge in [-0.25, -0.2) is 0 Å². The number of hydrogen-bond donors (Lipinski definition) is 0. The average Bonchev–Trinajstić information content (AvgIpc) is 2.70. The Morgan fingerprint density at radius 2 is 2.00 bits per heavy atom. The molecular weight excluding hydrogens is 198 g/mol. The largest absolute Gasteiger partial charge is 0.302 e. The fourth-order valence-electron chi connectivity index (χ4n) is 2.51. The smallest absolute Gasteiger partial charge is 0.139 e. The van der Waals surface area contributed by atoms with Crippen LogP contribution in [0.25, 0.3) is 0 Å². The predicted molar refractivity (Wildman–Crippen MR) is 61.7 cm³/mol. The Labute approximate surface area is 95.9 Å². The van der Waals surface area contributed by atoms with E-state index in [4.69, 9.17) is 5.26 Å². The van der Waals surface area contributed by atoms with Gasteiger partial charge in [-0.2, -0.15) is 5.26 Å². The van der Waals surface area contributed by atoms with Crippen LogP contribution in [0.5, 0.6) is 0 Å². The minimum absolute atomic E-state index is 0.437. The molecule has 1 atom stereocenters. The second-order valence-corrected chi connectivity index (χ2v) is 4.89. The van der Waals surface area contributed by atoms with E-state index in [1.807, 2.05) is 12.1 Å². The van der Waals surface area contributed by atoms with Crippen molar-refractivity contribution in [1.29, 1.82) is 5.26 Å². The third-order valence-corrected chi connectivity index (χ3v) is 3.36. The molecule has 0 N–H and O–H groups in total. The molecule has 2 nitrogen and oxygen atoms in total. The minimum Gasteiger partial charge on any atom is -0.302 e. The molecular formula is C14H15NO. The van der Waals surface area contributed by atoms with Crippen LogP contribution >= 0.6 is 0 Å². The summed E-state index contributed by atoms with van der Waals surface area (Å²) in [6.45, 7) is 1.73. The Hall–Kier alpha value is -1.62. The summed E-state index contributed by atoms with van der Waals surface area (Å²) in [6, 6.07) is 10.5. The first kappa shape index (κ1) is 10.9. The number of nitrogens with zero attached hydrogens (tertiary/aromatic N) is 1. The Kier molecular flexibility index (Phi) is 2.78. The molecule has 16 heavy (non-hydrogen) atoms. The van der Waals surface area contributed by atoms with Crippen LogP contribution in [0.15, 0.2) is 24.3 Å². The molecule has 0 bridgehead atoms. The summed E-state index contributed by atoms with van der Waals surface area (Å²) in [5, 5.41) is 8.98. The number of aldehydes is 1. The van der Waals surface area contributed by atoms with E-state index >= 15 is 0 Å². The summed E-state index contributed by atoms with van der Waals surface area (Å²) < 4.78 is 0. The van der Waals surface area contributed by atoms with Gasteiger partial charge in [0.25, 0.3) is 0 Å². The van der Waals surface area contributed by atoms with Crippen LogP contribution in [0.3, 0.4) is 0 Å². The summed E-state index contributed by atoms with van der Waals surface area (Å²) in [4.78, 5) is 10.9. The standard InChI is InChI=1S/C14H15NO/c1-14(9-15,10-16)8-11-6-12-4-2-3-5-13(12)7-11/h2-5,10-11H,6-8H2,1H3. The van der Waals surface area contributed by atoms with Crippen molar-refractivity contribution >= 4 is 6.29 Å². The normalized spacial score (nSPS) is 18.5. The lowest BCUT2D eigenvalue weighted by Gasteiger charge is -2.18. The fourth-order valence-corrected chi connectivity index (χ4v) is 2.51. The SMILES string of the molecule is CC(C#N)(C=O)CC1Cc2ccccc2C1. The number of carbonyl (C=O) groups excluding carboxylic acids is 1. The number of fused-ring (bicyclic) bond motifs is 1. The molecule has 82 valence electrons. The van der Waals surface area contributed by atoms with Crippen molar-refractivity contribution in [3.05, 3.63) is 35.4 Å². The molecule has 0 spiro atoms. The molecule has 1 aromatic rings. The van der Waals surface area contributed by atoms with E-state index in [0.29, 0.717) is 12.3 Å². The third kappa shape index (κ3) is 1.99. The maximum atomic E-state index is 10.9. The Balaban J connectivity index is 2.08. The number of hydrogen-bond acceptors (Lipinski definition) is 2. The Morgan fingerprint density at radius 1 is 1.44 bits per heavy atom. The number of rotatable bonds is 3. The van der Waals surface area contributed by atoms with Crippen molar-refractivity contribution in [2.45, 2.75) is 26.2 Å². The van der Waals surface area contributed by atoms with Crippen molar-refractivity contribution in [3.8, 4) is 6.07 Å². The quantitative estimate of drug-likeness (QED) is 0.724. The maximum Gasteiger partial charge on any atom is 0.139 e. The molecule has 0 saturated carbocycles. The summed E-state index contributed by atoms with van der Waals surface area (Å²) in [5.41, 5.74) is 1.93. The molecule has 0 saturated heterocycles. The molecule has 1 aliphatic carbocycles. The first-order valence-electron chi connectivity index (χ1n) is 5.61. The van der Waals surface area contributed by atoms with Crippen molar-refractivity contribution in [1.82, 2.24) is 0 Å². The van der Waals surface area contributed by atoms with Gasteiger partial charge in [0.15, 0.2) is 0 Å². The lowest BCUT2D eigenvalue weighted by Crippen LogP contribution is -2.20. The molecule has 0 radical (unpaired) electrons. The Bertz CT molecular complexity index is 421. The van der Waals surface area contributed by atoms with Crippen LogP contribution in [-0.4, -0.2) is 6.29 Å². The van der Waals surface area contributed by atoms with Crippen LogP contribution in [-0.2, 0) is 17.6 Å². The van der Waals surface area contributed by atoms with Gasteiger partial charge in [0.05, 0.1) is 6.07 Å². The van der Waals surface area contributed by atoms with E-state index in [1.165, 1.54) is 11.1 Å². The molecule has 0 fully saturated rings. The van der Waals surface area contributed by atoms with Gasteiger partial charge in [0.1, 0.15) is 11.7 Å². The first-order valence-corrected chi connectivity index (χ1v) is 5.61. The molecule has 0 amide bonds. The lowest BCUT2D eigenvalue weighted by molar-refractivity contribution is -0.113. The van der Waals surface area contributed by atoms with Gasteiger partial charge in [-0.3, -0.25) is 0 Å². The number of carbonyl (C=O) groups is 1. The highest BCUT2D eigenvalue weighted by atomic mass is 16.1. The van der Waals surface area contributed by atoms with Gasteiger partial charge in [-0.1, -0.05) is 24.3 Å². The number of benzene rings is 1. The molecule has 1 aromatic carbocycles. The van der Waals surface area contributed by atoms with Crippen molar-refractivity contribution in [2.75, 3.05) is 0 Å². The summed E-state index contributed by atoms with van der Waals surface area (Å²) >= 11 is 0. The monoisotopic (exact) mass is 213 g/mol. The van der Waals surface area contributed by atoms with E-state index < -0.39 is 5.41 Å². The molecule has 2 heteroatoms. The predicted octanol–water partition coefficient (Wildman–Crippen LogP) is 2.52. The zero-order chi connectivity index (χ0) is 11.6. The lowest BCUT2D eigenvalue weighted by atomic mass is 9.82. The van der Waals surface area contributed by atoms with Gasteiger partial charge in [0.2, 0.25) is 0 Å². The van der Waals surface area contributed by atoms with Gasteiger partial charge in [-0.15, -0.1) is 0 Å². The zero-order valence-corrected chi connectivity index (χ0v) is 9.44. The summed E-state index contributed by atoms with van der Waals surface area (Å²) in [6.07, 6.45) is 3.46. The van der Waals surface area contributed by atoms with E-state index in [0.717, 1.165) is 19.1 Å². The van der Waals surface area contributed by atoms with Crippen LogP contribution < -0.4 is 0 Å². The van der Waals surface area contributed by atoms with Crippen LogP contribution in [0.4, 0.5) is 0 Å². The molecule has 0 heterocycles. The van der Waals surface area contributed by atoms with Crippen LogP contribution in [0, 0.1) is 22.7 Å². The van der Waals surface area contributed by atoms with Gasteiger partial charge in [0, 0.05) is 0 Å². The van der Waals surface area contributed by atoms with E-state index in [1.54, 1.807) is 6.92 Å². The zero-order valence-electron chi connectivity index (χ0n) is 9.44. The first-order chi connectivity index (χ1) is 7.67. The highest BCUT2D eigenvalue weighted by molar-refractivity contribution is 5.63. The highest BCUT2D eigenvalue weighted by Crippen LogP contribution is 2.34. The van der Waals surface area contributed by atoms with E-state index in [2.05, 4.69) is 18.2 Å².